The zero-order chi connectivity index (χ0) is 15.0. The number of benzene rings is 1. The van der Waals surface area contributed by atoms with Gasteiger partial charge in [0.05, 0.1) is 27.8 Å². The standard InChI is InChI=1S/C12H13ClF3NO2S/c13-10-2-1-8(12(14,15)16)7-11(10)17-9-3-5-20(18,19)6-4-9/h1-2,7,9,17H,3-6H2. The molecule has 1 fully saturated rings. The summed E-state index contributed by atoms with van der Waals surface area (Å²) in [4.78, 5) is 0. The fraction of sp³-hybridized carbons (Fsp3) is 0.500. The van der Waals surface area contributed by atoms with Crippen molar-refractivity contribution in [2.45, 2.75) is 25.1 Å². The highest BCUT2D eigenvalue weighted by Crippen LogP contribution is 2.34. The Kier molecular flexibility index (Phi) is 4.20. The van der Waals surface area contributed by atoms with Gasteiger partial charge in [0.25, 0.3) is 0 Å². The predicted molar refractivity (Wildman–Crippen MR) is 71.8 cm³/mol. The molecule has 0 aliphatic carbocycles. The molecule has 3 nitrogen and oxygen atoms in total. The lowest BCUT2D eigenvalue weighted by Gasteiger charge is -2.25. The van der Waals surface area contributed by atoms with Gasteiger partial charge in [-0.05, 0) is 31.0 Å². The molecule has 0 atom stereocenters. The number of alkyl halides is 3. The van der Waals surface area contributed by atoms with Crippen molar-refractivity contribution in [3.05, 3.63) is 28.8 Å². The fourth-order valence-electron chi connectivity index (χ4n) is 2.07. The number of sulfone groups is 1. The van der Waals surface area contributed by atoms with Gasteiger partial charge >= 0.3 is 6.18 Å². The number of rotatable bonds is 2. The molecule has 1 saturated heterocycles. The maximum Gasteiger partial charge on any atom is 0.416 e. The topological polar surface area (TPSA) is 46.2 Å². The van der Waals surface area contributed by atoms with Crippen LogP contribution in [0.3, 0.4) is 0 Å². The van der Waals surface area contributed by atoms with Crippen LogP contribution in [0.2, 0.25) is 5.02 Å². The van der Waals surface area contributed by atoms with Crippen LogP contribution >= 0.6 is 11.6 Å². The van der Waals surface area contributed by atoms with Gasteiger partial charge in [0.15, 0.2) is 0 Å². The molecular weight excluding hydrogens is 315 g/mol. The molecule has 1 aliphatic rings. The normalized spacial score (nSPS) is 19.8. The first-order valence-corrected chi connectivity index (χ1v) is 8.21. The first kappa shape index (κ1) is 15.4. The van der Waals surface area contributed by atoms with Gasteiger partial charge in [0.2, 0.25) is 0 Å². The lowest BCUT2D eigenvalue weighted by molar-refractivity contribution is -0.137. The van der Waals surface area contributed by atoms with Crippen LogP contribution in [0, 0.1) is 0 Å². The molecule has 0 unspecified atom stereocenters. The Bertz CT molecular complexity index is 587. The van der Waals surface area contributed by atoms with Crippen LogP contribution in [0.1, 0.15) is 18.4 Å². The number of halogens is 4. The van der Waals surface area contributed by atoms with Gasteiger partial charge < -0.3 is 5.32 Å². The summed E-state index contributed by atoms with van der Waals surface area (Å²) in [5, 5.41) is 3.09. The molecule has 1 heterocycles. The Morgan fingerprint density at radius 1 is 1.20 bits per heavy atom. The maximum absolute atomic E-state index is 12.6. The van der Waals surface area contributed by atoms with Gasteiger partial charge in [0, 0.05) is 6.04 Å². The summed E-state index contributed by atoms with van der Waals surface area (Å²) in [6.45, 7) is 0. The number of hydrogen-bond acceptors (Lipinski definition) is 3. The summed E-state index contributed by atoms with van der Waals surface area (Å²) in [5.41, 5.74) is -0.598. The largest absolute Gasteiger partial charge is 0.416 e. The van der Waals surface area contributed by atoms with Crippen LogP contribution in [0.25, 0.3) is 0 Å². The van der Waals surface area contributed by atoms with E-state index in [2.05, 4.69) is 5.32 Å². The predicted octanol–water partition coefficient (Wildman–Crippen LogP) is 3.35. The minimum atomic E-state index is -4.43. The molecule has 8 heteroatoms. The second kappa shape index (κ2) is 5.44. The van der Waals surface area contributed by atoms with E-state index in [-0.39, 0.29) is 28.3 Å². The molecule has 0 spiro atoms. The van der Waals surface area contributed by atoms with Crippen molar-refractivity contribution in [3.8, 4) is 0 Å². The molecule has 0 radical (unpaired) electrons. The lowest BCUT2D eigenvalue weighted by atomic mass is 10.1. The van der Waals surface area contributed by atoms with Crippen molar-refractivity contribution in [1.82, 2.24) is 0 Å². The summed E-state index contributed by atoms with van der Waals surface area (Å²) in [6, 6.07) is 2.87. The Hall–Kier alpha value is -0.950. The van der Waals surface area contributed by atoms with Crippen molar-refractivity contribution in [1.29, 1.82) is 0 Å². The van der Waals surface area contributed by atoms with Crippen LogP contribution in [-0.4, -0.2) is 26.0 Å². The van der Waals surface area contributed by atoms with E-state index >= 15 is 0 Å². The van der Waals surface area contributed by atoms with Crippen LogP contribution in [0.4, 0.5) is 18.9 Å². The molecule has 112 valence electrons. The van der Waals surface area contributed by atoms with Crippen LogP contribution < -0.4 is 5.32 Å². The van der Waals surface area contributed by atoms with E-state index < -0.39 is 21.6 Å². The van der Waals surface area contributed by atoms with Crippen LogP contribution in [-0.2, 0) is 16.0 Å². The van der Waals surface area contributed by atoms with Crippen molar-refractivity contribution < 1.29 is 21.6 Å². The second-order valence-electron chi connectivity index (χ2n) is 4.76. The van der Waals surface area contributed by atoms with Gasteiger partial charge in [-0.25, -0.2) is 8.42 Å². The zero-order valence-electron chi connectivity index (χ0n) is 10.4. The zero-order valence-corrected chi connectivity index (χ0v) is 11.9. The minimum absolute atomic E-state index is 0.0429. The molecular formula is C12H13ClF3NO2S. The van der Waals surface area contributed by atoms with E-state index in [1.165, 1.54) is 6.07 Å². The van der Waals surface area contributed by atoms with E-state index in [1.807, 2.05) is 0 Å². The van der Waals surface area contributed by atoms with Crippen LogP contribution in [0.5, 0.6) is 0 Å². The van der Waals surface area contributed by atoms with E-state index in [1.54, 1.807) is 0 Å². The molecule has 0 aromatic heterocycles. The Morgan fingerprint density at radius 2 is 1.80 bits per heavy atom. The minimum Gasteiger partial charge on any atom is -0.381 e. The van der Waals surface area contributed by atoms with Crippen molar-refractivity contribution in [2.75, 3.05) is 16.8 Å². The monoisotopic (exact) mass is 327 g/mol. The lowest BCUT2D eigenvalue weighted by Crippen LogP contribution is -2.32. The van der Waals surface area contributed by atoms with E-state index in [0.29, 0.717) is 12.8 Å². The van der Waals surface area contributed by atoms with E-state index in [0.717, 1.165) is 12.1 Å². The van der Waals surface area contributed by atoms with Crippen molar-refractivity contribution in [3.63, 3.8) is 0 Å². The average Bonchev–Trinajstić information content (AvgIpc) is 2.33. The first-order chi connectivity index (χ1) is 9.17. The highest BCUT2D eigenvalue weighted by Gasteiger charge is 2.31. The fourth-order valence-corrected chi connectivity index (χ4v) is 3.73. The smallest absolute Gasteiger partial charge is 0.381 e. The summed E-state index contributed by atoms with van der Waals surface area (Å²) in [7, 11) is -3.00. The van der Waals surface area contributed by atoms with E-state index in [9.17, 15) is 21.6 Å². The quantitative estimate of drug-likeness (QED) is 0.906. The van der Waals surface area contributed by atoms with E-state index in [4.69, 9.17) is 11.6 Å². The highest BCUT2D eigenvalue weighted by molar-refractivity contribution is 7.91. The first-order valence-electron chi connectivity index (χ1n) is 6.01. The average molecular weight is 328 g/mol. The van der Waals surface area contributed by atoms with Gasteiger partial charge in [-0.3, -0.25) is 0 Å². The summed E-state index contributed by atoms with van der Waals surface area (Å²) >= 11 is 5.87. The summed E-state index contributed by atoms with van der Waals surface area (Å²) < 4.78 is 60.5. The number of hydrogen-bond donors (Lipinski definition) is 1. The molecule has 1 aromatic rings. The van der Waals surface area contributed by atoms with Gasteiger partial charge in [-0.2, -0.15) is 13.2 Å². The van der Waals surface area contributed by atoms with Crippen LogP contribution in [0.15, 0.2) is 18.2 Å². The third-order valence-corrected chi connectivity index (χ3v) is 5.25. The molecule has 1 aromatic carbocycles. The molecule has 1 N–H and O–H groups in total. The van der Waals surface area contributed by atoms with Crippen molar-refractivity contribution in [2.24, 2.45) is 0 Å². The Labute approximate surface area is 120 Å². The number of nitrogens with one attached hydrogen (secondary N) is 1. The summed E-state index contributed by atoms with van der Waals surface area (Å²) in [5.74, 6) is 0.0858. The molecule has 0 amide bonds. The van der Waals surface area contributed by atoms with Gasteiger partial charge in [-0.15, -0.1) is 0 Å². The van der Waals surface area contributed by atoms with Crippen molar-refractivity contribution >= 4 is 27.1 Å². The molecule has 1 aliphatic heterocycles. The van der Waals surface area contributed by atoms with Gasteiger partial charge in [0.1, 0.15) is 9.84 Å². The SMILES string of the molecule is O=S1(=O)CCC(Nc2cc(C(F)(F)F)ccc2Cl)CC1. The molecule has 0 saturated carbocycles. The third kappa shape index (κ3) is 3.79. The summed E-state index contributed by atoms with van der Waals surface area (Å²) in [6.07, 6.45) is -3.69. The van der Waals surface area contributed by atoms with Gasteiger partial charge in [-0.1, -0.05) is 11.6 Å². The maximum atomic E-state index is 12.6. The highest BCUT2D eigenvalue weighted by atomic mass is 35.5. The second-order valence-corrected chi connectivity index (χ2v) is 7.47. The molecule has 2 rings (SSSR count). The molecule has 20 heavy (non-hydrogen) atoms. The Morgan fingerprint density at radius 3 is 2.35 bits per heavy atom. The number of anilines is 1. The Balaban J connectivity index is 2.13. The third-order valence-electron chi connectivity index (χ3n) is 3.21. The molecule has 0 bridgehead atoms.